The third-order valence-electron chi connectivity index (χ3n) is 3.92. The number of rotatable bonds is 5. The lowest BCUT2D eigenvalue weighted by molar-refractivity contribution is -0.136. The monoisotopic (exact) mass is 291 g/mol. The molecule has 1 amide bonds. The summed E-state index contributed by atoms with van der Waals surface area (Å²) in [5.74, 6) is 0.735. The highest BCUT2D eigenvalue weighted by molar-refractivity contribution is 5.78. The molecule has 1 saturated heterocycles. The fraction of sp³-hybridized carbons (Fsp3) is 0.588. The zero-order chi connectivity index (χ0) is 15.1. The second kappa shape index (κ2) is 8.03. The van der Waals surface area contributed by atoms with E-state index in [9.17, 15) is 9.90 Å². The third-order valence-corrected chi connectivity index (χ3v) is 3.92. The average molecular weight is 291 g/mol. The molecule has 1 aromatic carbocycles. The smallest absolute Gasteiger partial charge is 0.260 e. The Bertz CT molecular complexity index is 433. The Morgan fingerprint density at radius 1 is 1.33 bits per heavy atom. The fourth-order valence-electron chi connectivity index (χ4n) is 2.89. The Hall–Kier alpha value is -1.55. The molecule has 1 aromatic rings. The Labute approximate surface area is 126 Å². The minimum atomic E-state index is -0.376. The van der Waals surface area contributed by atoms with Crippen molar-refractivity contribution >= 4 is 5.91 Å². The molecule has 116 valence electrons. The van der Waals surface area contributed by atoms with Crippen molar-refractivity contribution in [3.8, 4) is 5.75 Å². The van der Waals surface area contributed by atoms with Crippen molar-refractivity contribution in [2.24, 2.45) is 0 Å². The van der Waals surface area contributed by atoms with Gasteiger partial charge in [-0.15, -0.1) is 0 Å². The number of para-hydroxylation sites is 1. The molecule has 4 heteroatoms. The Kier molecular flexibility index (Phi) is 6.05. The molecule has 2 rings (SSSR count). The van der Waals surface area contributed by atoms with Crippen LogP contribution in [0.4, 0.5) is 0 Å². The van der Waals surface area contributed by atoms with Gasteiger partial charge in [0.1, 0.15) is 5.75 Å². The third kappa shape index (κ3) is 5.05. The van der Waals surface area contributed by atoms with Crippen LogP contribution in [-0.2, 0) is 4.79 Å². The van der Waals surface area contributed by atoms with E-state index in [1.165, 1.54) is 0 Å². The van der Waals surface area contributed by atoms with Gasteiger partial charge in [0.25, 0.3) is 5.91 Å². The van der Waals surface area contributed by atoms with E-state index in [1.54, 1.807) is 6.92 Å². The lowest BCUT2D eigenvalue weighted by Crippen LogP contribution is -2.43. The van der Waals surface area contributed by atoms with Gasteiger partial charge < -0.3 is 14.7 Å². The molecule has 0 aromatic heterocycles. The molecule has 1 aliphatic rings. The van der Waals surface area contributed by atoms with Crippen LogP contribution in [0.25, 0.3) is 0 Å². The van der Waals surface area contributed by atoms with Gasteiger partial charge in [-0.05, 0) is 38.3 Å². The van der Waals surface area contributed by atoms with Gasteiger partial charge in [0, 0.05) is 12.6 Å². The molecule has 4 nitrogen and oxygen atoms in total. The summed E-state index contributed by atoms with van der Waals surface area (Å²) in [5, 5.41) is 9.63. The summed E-state index contributed by atoms with van der Waals surface area (Å²) in [6, 6.07) is 9.54. The van der Waals surface area contributed by atoms with Crippen molar-refractivity contribution in [3.63, 3.8) is 0 Å². The molecular weight excluding hydrogens is 266 g/mol. The maximum Gasteiger partial charge on any atom is 0.260 e. The normalized spacial score (nSPS) is 20.7. The number of aliphatic hydroxyl groups excluding tert-OH is 1. The lowest BCUT2D eigenvalue weighted by Gasteiger charge is -2.31. The Balaban J connectivity index is 1.93. The van der Waals surface area contributed by atoms with E-state index in [1.807, 2.05) is 35.2 Å². The maximum absolute atomic E-state index is 12.4. The molecule has 1 fully saturated rings. The summed E-state index contributed by atoms with van der Waals surface area (Å²) in [6.45, 7) is 2.63. The second-order valence-corrected chi connectivity index (χ2v) is 5.78. The lowest BCUT2D eigenvalue weighted by atomic mass is 10.0. The molecule has 2 atom stereocenters. The van der Waals surface area contributed by atoms with E-state index in [0.29, 0.717) is 12.2 Å². The topological polar surface area (TPSA) is 49.8 Å². The average Bonchev–Trinajstić information content (AvgIpc) is 2.71. The molecule has 1 heterocycles. The number of hydrogen-bond acceptors (Lipinski definition) is 3. The van der Waals surface area contributed by atoms with Gasteiger partial charge in [-0.1, -0.05) is 31.0 Å². The second-order valence-electron chi connectivity index (χ2n) is 5.78. The summed E-state index contributed by atoms with van der Waals surface area (Å²) in [7, 11) is 0. The molecule has 1 N–H and O–H groups in total. The standard InChI is InChI=1S/C17H25NO3/c1-14(19)12-15-8-4-3-7-11-18(15)17(20)13-21-16-9-5-2-6-10-16/h2,5-6,9-10,14-15,19H,3-4,7-8,11-13H2,1H3. The van der Waals surface area contributed by atoms with Gasteiger partial charge in [-0.2, -0.15) is 0 Å². The molecular formula is C17H25NO3. The van der Waals surface area contributed by atoms with Crippen LogP contribution in [0.15, 0.2) is 30.3 Å². The van der Waals surface area contributed by atoms with E-state index in [0.717, 1.165) is 32.2 Å². The zero-order valence-corrected chi connectivity index (χ0v) is 12.7. The van der Waals surface area contributed by atoms with E-state index in [4.69, 9.17) is 4.74 Å². The molecule has 0 saturated carbocycles. The molecule has 0 spiro atoms. The van der Waals surface area contributed by atoms with E-state index >= 15 is 0 Å². The predicted molar refractivity (Wildman–Crippen MR) is 82.2 cm³/mol. The predicted octanol–water partition coefficient (Wildman–Crippen LogP) is 2.61. The minimum absolute atomic E-state index is 0.0198. The number of benzene rings is 1. The number of carbonyl (C=O) groups excluding carboxylic acids is 1. The molecule has 0 radical (unpaired) electrons. The van der Waals surface area contributed by atoms with Crippen molar-refractivity contribution in [2.45, 2.75) is 51.2 Å². The highest BCUT2D eigenvalue weighted by Crippen LogP contribution is 2.21. The van der Waals surface area contributed by atoms with Gasteiger partial charge >= 0.3 is 0 Å². The first-order valence-electron chi connectivity index (χ1n) is 7.82. The van der Waals surface area contributed by atoms with E-state index < -0.39 is 0 Å². The summed E-state index contributed by atoms with van der Waals surface area (Å²) in [5.41, 5.74) is 0. The molecule has 1 aliphatic heterocycles. The van der Waals surface area contributed by atoms with Crippen LogP contribution in [0.3, 0.4) is 0 Å². The first-order valence-corrected chi connectivity index (χ1v) is 7.82. The van der Waals surface area contributed by atoms with Crippen LogP contribution in [0.1, 0.15) is 39.0 Å². The summed E-state index contributed by atoms with van der Waals surface area (Å²) in [4.78, 5) is 14.3. The van der Waals surface area contributed by atoms with Gasteiger partial charge in [0.05, 0.1) is 6.10 Å². The number of amides is 1. The molecule has 0 bridgehead atoms. The summed E-state index contributed by atoms with van der Waals surface area (Å²) < 4.78 is 5.56. The Morgan fingerprint density at radius 3 is 2.81 bits per heavy atom. The highest BCUT2D eigenvalue weighted by atomic mass is 16.5. The van der Waals surface area contributed by atoms with E-state index in [-0.39, 0.29) is 24.7 Å². The molecule has 0 aliphatic carbocycles. The SMILES string of the molecule is CC(O)CC1CCCCCN1C(=O)COc1ccccc1. The zero-order valence-electron chi connectivity index (χ0n) is 12.7. The van der Waals surface area contributed by atoms with Gasteiger partial charge in [-0.25, -0.2) is 0 Å². The molecule has 2 unspecified atom stereocenters. The van der Waals surface area contributed by atoms with Crippen LogP contribution in [0.2, 0.25) is 0 Å². The number of likely N-dealkylation sites (tertiary alicyclic amines) is 1. The van der Waals surface area contributed by atoms with Crippen molar-refractivity contribution in [3.05, 3.63) is 30.3 Å². The van der Waals surface area contributed by atoms with Gasteiger partial charge in [-0.3, -0.25) is 4.79 Å². The summed E-state index contributed by atoms with van der Waals surface area (Å²) in [6.07, 6.45) is 4.56. The van der Waals surface area contributed by atoms with Crippen molar-refractivity contribution in [1.82, 2.24) is 4.90 Å². The van der Waals surface area contributed by atoms with Gasteiger partial charge in [0.15, 0.2) is 6.61 Å². The highest BCUT2D eigenvalue weighted by Gasteiger charge is 2.26. The number of ether oxygens (including phenoxy) is 1. The quantitative estimate of drug-likeness (QED) is 0.907. The van der Waals surface area contributed by atoms with Crippen LogP contribution < -0.4 is 4.74 Å². The van der Waals surface area contributed by atoms with Crippen molar-refractivity contribution < 1.29 is 14.6 Å². The number of aliphatic hydroxyl groups is 1. The first kappa shape index (κ1) is 15.8. The largest absolute Gasteiger partial charge is 0.484 e. The maximum atomic E-state index is 12.4. The van der Waals surface area contributed by atoms with Crippen LogP contribution in [0.5, 0.6) is 5.75 Å². The number of hydrogen-bond donors (Lipinski definition) is 1. The van der Waals surface area contributed by atoms with Crippen LogP contribution >= 0.6 is 0 Å². The van der Waals surface area contributed by atoms with Crippen LogP contribution in [-0.4, -0.2) is 41.2 Å². The van der Waals surface area contributed by atoms with E-state index in [2.05, 4.69) is 0 Å². The first-order chi connectivity index (χ1) is 10.2. The Morgan fingerprint density at radius 2 is 2.10 bits per heavy atom. The number of carbonyl (C=O) groups is 1. The summed E-state index contributed by atoms with van der Waals surface area (Å²) >= 11 is 0. The fourth-order valence-corrected chi connectivity index (χ4v) is 2.89. The minimum Gasteiger partial charge on any atom is -0.484 e. The van der Waals surface area contributed by atoms with Crippen LogP contribution in [0, 0.1) is 0 Å². The van der Waals surface area contributed by atoms with Crippen molar-refractivity contribution in [2.75, 3.05) is 13.2 Å². The van der Waals surface area contributed by atoms with Crippen molar-refractivity contribution in [1.29, 1.82) is 0 Å². The van der Waals surface area contributed by atoms with Gasteiger partial charge in [0.2, 0.25) is 0 Å². The number of nitrogens with zero attached hydrogens (tertiary/aromatic N) is 1. The molecule has 21 heavy (non-hydrogen) atoms.